The molecule has 1 aromatic rings. The molecule has 0 fully saturated rings. The van der Waals surface area contributed by atoms with E-state index >= 15 is 0 Å². The third kappa shape index (κ3) is 1.86. The molecule has 1 rings (SSSR count). The highest BCUT2D eigenvalue weighted by Crippen LogP contribution is 2.27. The van der Waals surface area contributed by atoms with E-state index in [2.05, 4.69) is 4.74 Å². The fraction of sp³-hybridized carbons (Fsp3) is 0.286. The summed E-state index contributed by atoms with van der Waals surface area (Å²) >= 11 is 0. The summed E-state index contributed by atoms with van der Waals surface area (Å²) in [4.78, 5) is 12.2. The normalized spacial score (nSPS) is 11.5. The van der Waals surface area contributed by atoms with Crippen LogP contribution in [0.2, 0.25) is 0 Å². The second-order valence-corrected chi connectivity index (χ2v) is 2.39. The lowest BCUT2D eigenvalue weighted by Crippen LogP contribution is -2.16. The van der Waals surface area contributed by atoms with Crippen LogP contribution in [0.3, 0.4) is 0 Å². The van der Waals surface area contributed by atoms with Gasteiger partial charge in [0.2, 0.25) is 17.1 Å². The molecule has 0 saturated heterocycles. The molecular weight excluding hydrogens is 206 g/mol. The van der Waals surface area contributed by atoms with Crippen molar-refractivity contribution in [2.75, 3.05) is 7.11 Å². The van der Waals surface area contributed by atoms with Gasteiger partial charge in [0, 0.05) is 6.07 Å². The van der Waals surface area contributed by atoms with Crippen LogP contribution in [0.4, 0.5) is 17.6 Å². The van der Waals surface area contributed by atoms with Crippen molar-refractivity contribution in [2.24, 2.45) is 0 Å². The molecule has 1 N–H and O–H groups in total. The Bertz CT molecular complexity index is 396. The van der Waals surface area contributed by atoms with Crippen molar-refractivity contribution in [2.45, 2.75) is 6.18 Å². The standard InChI is InChI=1S/C7H5F4NO2/c1-14-5-3(13)2-4(7(9,10)11)12-6(5)8/h2H,1H3,(H,12,13). The quantitative estimate of drug-likeness (QED) is 0.565. The van der Waals surface area contributed by atoms with Gasteiger partial charge in [0.05, 0.1) is 7.11 Å². The van der Waals surface area contributed by atoms with Gasteiger partial charge in [-0.05, 0) is 0 Å². The van der Waals surface area contributed by atoms with Crippen molar-refractivity contribution in [3.63, 3.8) is 0 Å². The van der Waals surface area contributed by atoms with Crippen molar-refractivity contribution >= 4 is 0 Å². The van der Waals surface area contributed by atoms with E-state index in [0.29, 0.717) is 0 Å². The Morgan fingerprint density at radius 1 is 1.43 bits per heavy atom. The zero-order chi connectivity index (χ0) is 10.9. The molecule has 0 spiro atoms. The summed E-state index contributed by atoms with van der Waals surface area (Å²) in [5.74, 6) is -2.20. The predicted octanol–water partition coefficient (Wildman–Crippen LogP) is 1.54. The summed E-state index contributed by atoms with van der Waals surface area (Å²) in [5.41, 5.74) is -2.60. The summed E-state index contributed by atoms with van der Waals surface area (Å²) in [6.07, 6.45) is -4.79. The van der Waals surface area contributed by atoms with Crippen molar-refractivity contribution in [1.82, 2.24) is 4.98 Å². The molecule has 0 radical (unpaired) electrons. The van der Waals surface area contributed by atoms with Crippen LogP contribution in [0.1, 0.15) is 5.69 Å². The number of aromatic amines is 1. The van der Waals surface area contributed by atoms with Crippen molar-refractivity contribution in [3.8, 4) is 5.75 Å². The van der Waals surface area contributed by atoms with Crippen LogP contribution in [0, 0.1) is 5.95 Å². The zero-order valence-electron chi connectivity index (χ0n) is 6.91. The van der Waals surface area contributed by atoms with E-state index in [1.54, 1.807) is 0 Å². The monoisotopic (exact) mass is 211 g/mol. The first-order valence-electron chi connectivity index (χ1n) is 3.40. The first-order chi connectivity index (χ1) is 6.36. The van der Waals surface area contributed by atoms with E-state index in [9.17, 15) is 22.4 Å². The molecule has 0 aliphatic carbocycles. The number of hydrogen-bond acceptors (Lipinski definition) is 2. The Morgan fingerprint density at radius 2 is 2.00 bits per heavy atom. The van der Waals surface area contributed by atoms with Crippen LogP contribution in [0.5, 0.6) is 5.75 Å². The fourth-order valence-electron chi connectivity index (χ4n) is 0.859. The second kappa shape index (κ2) is 3.32. The number of pyridine rings is 1. The molecule has 14 heavy (non-hydrogen) atoms. The van der Waals surface area contributed by atoms with Gasteiger partial charge in [-0.1, -0.05) is 0 Å². The third-order valence-electron chi connectivity index (χ3n) is 1.45. The maximum atomic E-state index is 12.8. The molecule has 3 nitrogen and oxygen atoms in total. The number of hydrogen-bond donors (Lipinski definition) is 1. The largest absolute Gasteiger partial charge is 0.489 e. The number of alkyl halides is 3. The van der Waals surface area contributed by atoms with E-state index in [-0.39, 0.29) is 6.07 Å². The highest BCUT2D eigenvalue weighted by atomic mass is 19.4. The zero-order valence-corrected chi connectivity index (χ0v) is 6.91. The average Bonchev–Trinajstić information content (AvgIpc) is 2.01. The van der Waals surface area contributed by atoms with E-state index in [1.807, 2.05) is 0 Å². The summed E-state index contributed by atoms with van der Waals surface area (Å²) in [6.45, 7) is 0. The Balaban J connectivity index is 3.36. The van der Waals surface area contributed by atoms with Gasteiger partial charge >= 0.3 is 6.18 Å². The van der Waals surface area contributed by atoms with Crippen LogP contribution in [-0.2, 0) is 6.18 Å². The molecule has 0 atom stereocenters. The summed E-state index contributed by atoms with van der Waals surface area (Å²) in [7, 11) is 0.987. The lowest BCUT2D eigenvalue weighted by atomic mass is 10.3. The Morgan fingerprint density at radius 3 is 2.36 bits per heavy atom. The Labute approximate surface area is 75.3 Å². The summed E-state index contributed by atoms with van der Waals surface area (Å²) < 4.78 is 53.0. The SMILES string of the molecule is COc1c(F)[nH]c(C(F)(F)F)cc1=O. The topological polar surface area (TPSA) is 42.1 Å². The van der Waals surface area contributed by atoms with Crippen molar-refractivity contribution < 1.29 is 22.3 Å². The second-order valence-electron chi connectivity index (χ2n) is 2.39. The van der Waals surface area contributed by atoms with Gasteiger partial charge in [0.15, 0.2) is 0 Å². The minimum Gasteiger partial charge on any atom is -0.489 e. The van der Waals surface area contributed by atoms with Gasteiger partial charge in [-0.3, -0.25) is 4.79 Å². The first kappa shape index (κ1) is 10.6. The molecule has 1 heterocycles. The van der Waals surface area contributed by atoms with Crippen LogP contribution in [0.15, 0.2) is 10.9 Å². The molecule has 0 saturated carbocycles. The van der Waals surface area contributed by atoms with E-state index in [4.69, 9.17) is 0 Å². The number of aromatic nitrogens is 1. The van der Waals surface area contributed by atoms with Gasteiger partial charge in [-0.2, -0.15) is 17.6 Å². The molecule has 0 aliphatic heterocycles. The van der Waals surface area contributed by atoms with Gasteiger partial charge in [-0.25, -0.2) is 0 Å². The third-order valence-corrected chi connectivity index (χ3v) is 1.45. The minimum absolute atomic E-state index is 0.238. The lowest BCUT2D eigenvalue weighted by molar-refractivity contribution is -0.141. The predicted molar refractivity (Wildman–Crippen MR) is 38.6 cm³/mol. The molecule has 0 aromatic carbocycles. The molecule has 0 aliphatic rings. The lowest BCUT2D eigenvalue weighted by Gasteiger charge is -2.07. The summed E-state index contributed by atoms with van der Waals surface area (Å²) in [5, 5.41) is 0. The van der Waals surface area contributed by atoms with Gasteiger partial charge in [-0.15, -0.1) is 0 Å². The molecular formula is C7H5F4NO2. The highest BCUT2D eigenvalue weighted by Gasteiger charge is 2.33. The fourth-order valence-corrected chi connectivity index (χ4v) is 0.859. The van der Waals surface area contributed by atoms with E-state index in [1.165, 1.54) is 4.98 Å². The molecule has 1 aromatic heterocycles. The van der Waals surface area contributed by atoms with E-state index in [0.717, 1.165) is 7.11 Å². The van der Waals surface area contributed by atoms with Gasteiger partial charge in [0.1, 0.15) is 5.69 Å². The average molecular weight is 211 g/mol. The minimum atomic E-state index is -4.79. The number of H-pyrrole nitrogens is 1. The number of halogens is 4. The number of methoxy groups -OCH3 is 1. The van der Waals surface area contributed by atoms with E-state index < -0.39 is 29.0 Å². The Kier molecular flexibility index (Phi) is 2.50. The highest BCUT2D eigenvalue weighted by molar-refractivity contribution is 5.23. The Hall–Kier alpha value is -1.53. The van der Waals surface area contributed by atoms with Gasteiger partial charge in [0.25, 0.3) is 0 Å². The number of nitrogens with one attached hydrogen (secondary N) is 1. The van der Waals surface area contributed by atoms with Crippen LogP contribution >= 0.6 is 0 Å². The van der Waals surface area contributed by atoms with Crippen molar-refractivity contribution in [3.05, 3.63) is 27.9 Å². The molecule has 0 unspecified atom stereocenters. The molecule has 0 amide bonds. The number of rotatable bonds is 1. The molecule has 7 heteroatoms. The summed E-state index contributed by atoms with van der Waals surface area (Å²) in [6, 6.07) is 0.238. The van der Waals surface area contributed by atoms with Crippen molar-refractivity contribution in [1.29, 1.82) is 0 Å². The number of ether oxygens (including phenoxy) is 1. The van der Waals surface area contributed by atoms with Crippen LogP contribution in [-0.4, -0.2) is 12.1 Å². The van der Waals surface area contributed by atoms with Crippen LogP contribution < -0.4 is 10.2 Å². The smallest absolute Gasteiger partial charge is 0.431 e. The molecule has 0 bridgehead atoms. The maximum Gasteiger partial charge on any atom is 0.431 e. The molecule has 78 valence electrons. The maximum absolute atomic E-state index is 12.8. The first-order valence-corrected chi connectivity index (χ1v) is 3.40. The van der Waals surface area contributed by atoms with Crippen LogP contribution in [0.25, 0.3) is 0 Å². The van der Waals surface area contributed by atoms with Gasteiger partial charge < -0.3 is 9.72 Å².